The second-order valence-electron chi connectivity index (χ2n) is 6.49. The molecule has 0 bridgehead atoms. The summed E-state index contributed by atoms with van der Waals surface area (Å²) < 4.78 is 13.2. The van der Waals surface area contributed by atoms with E-state index in [1.54, 1.807) is 12.1 Å². The van der Waals surface area contributed by atoms with Crippen LogP contribution in [0.15, 0.2) is 48.5 Å². The quantitative estimate of drug-likeness (QED) is 0.801. The summed E-state index contributed by atoms with van der Waals surface area (Å²) in [4.78, 5) is 15.7. The Morgan fingerprint density at radius 2 is 1.88 bits per heavy atom. The van der Waals surface area contributed by atoms with E-state index >= 15 is 0 Å². The molecule has 0 atom stereocenters. The van der Waals surface area contributed by atoms with E-state index in [0.29, 0.717) is 12.6 Å². The third kappa shape index (κ3) is 4.50. The number of halogens is 1. The lowest BCUT2D eigenvalue weighted by Crippen LogP contribution is -2.33. The number of hydrogen-bond acceptors (Lipinski definition) is 3. The molecule has 0 radical (unpaired) electrons. The minimum absolute atomic E-state index is 0.0932. The number of benzene rings is 2. The molecule has 0 aromatic heterocycles. The third-order valence-corrected chi connectivity index (χ3v) is 4.48. The van der Waals surface area contributed by atoms with E-state index in [1.807, 2.05) is 17.0 Å². The smallest absolute Gasteiger partial charge is 0.236 e. The van der Waals surface area contributed by atoms with Crippen molar-refractivity contribution in [3.05, 3.63) is 59.9 Å². The van der Waals surface area contributed by atoms with Crippen LogP contribution in [0.2, 0.25) is 0 Å². The normalized spacial score (nSPS) is 13.5. The van der Waals surface area contributed by atoms with Gasteiger partial charge in [-0.2, -0.15) is 0 Å². The van der Waals surface area contributed by atoms with Crippen LogP contribution in [0.5, 0.6) is 0 Å². The molecule has 1 fully saturated rings. The molecule has 1 amide bonds. The van der Waals surface area contributed by atoms with Gasteiger partial charge in [0.1, 0.15) is 5.82 Å². The van der Waals surface area contributed by atoms with Crippen molar-refractivity contribution in [1.29, 1.82) is 0 Å². The van der Waals surface area contributed by atoms with Gasteiger partial charge >= 0.3 is 0 Å². The van der Waals surface area contributed by atoms with Gasteiger partial charge in [-0.15, -0.1) is 0 Å². The Morgan fingerprint density at radius 1 is 1.16 bits per heavy atom. The Hall–Kier alpha value is -2.56. The fourth-order valence-electron chi connectivity index (χ4n) is 3.17. The number of carbonyl (C=O) groups excluding carboxylic acids is 1. The van der Waals surface area contributed by atoms with E-state index < -0.39 is 5.91 Å². The topological polar surface area (TPSA) is 49.6 Å². The zero-order valence-electron chi connectivity index (χ0n) is 14.5. The van der Waals surface area contributed by atoms with Gasteiger partial charge in [-0.1, -0.05) is 12.1 Å². The average Bonchev–Trinajstić information content (AvgIpc) is 3.41. The molecule has 1 aliphatic rings. The van der Waals surface area contributed by atoms with Gasteiger partial charge in [0.25, 0.3) is 0 Å². The summed E-state index contributed by atoms with van der Waals surface area (Å²) in [6.45, 7) is 3.79. The number of hydrogen-bond donors (Lipinski definition) is 1. The van der Waals surface area contributed by atoms with Crippen molar-refractivity contribution >= 4 is 17.3 Å². The molecular formula is C20H24FN3O. The standard InChI is InChI=1S/C20H24FN3O/c1-2-24(18-10-11-18)19-5-3-4-15(12-19)13-23(14-20(22)25)17-8-6-16(21)7-9-17/h3-9,12,18H,2,10-11,13-14H2,1H3,(H2,22,25). The fraction of sp³-hybridized carbons (Fsp3) is 0.350. The predicted octanol–water partition coefficient (Wildman–Crippen LogP) is 3.31. The lowest BCUT2D eigenvalue weighted by atomic mass is 10.1. The number of carbonyl (C=O) groups is 1. The summed E-state index contributed by atoms with van der Waals surface area (Å²) in [5, 5.41) is 0. The monoisotopic (exact) mass is 341 g/mol. The first kappa shape index (κ1) is 17.3. The van der Waals surface area contributed by atoms with E-state index in [4.69, 9.17) is 5.73 Å². The van der Waals surface area contributed by atoms with Crippen molar-refractivity contribution in [3.63, 3.8) is 0 Å². The summed E-state index contributed by atoms with van der Waals surface area (Å²) >= 11 is 0. The van der Waals surface area contributed by atoms with Gasteiger partial charge in [-0.05, 0) is 61.7 Å². The largest absolute Gasteiger partial charge is 0.369 e. The maximum absolute atomic E-state index is 13.2. The molecule has 1 aliphatic carbocycles. The average molecular weight is 341 g/mol. The predicted molar refractivity (Wildman–Crippen MR) is 99.1 cm³/mol. The van der Waals surface area contributed by atoms with Crippen molar-refractivity contribution in [2.45, 2.75) is 32.4 Å². The van der Waals surface area contributed by atoms with Crippen LogP contribution in [0.25, 0.3) is 0 Å². The minimum atomic E-state index is -0.409. The molecule has 25 heavy (non-hydrogen) atoms. The van der Waals surface area contributed by atoms with E-state index in [0.717, 1.165) is 17.8 Å². The molecule has 1 saturated carbocycles. The zero-order chi connectivity index (χ0) is 17.8. The highest BCUT2D eigenvalue weighted by molar-refractivity contribution is 5.79. The molecule has 0 heterocycles. The molecule has 0 saturated heterocycles. The summed E-state index contributed by atoms with van der Waals surface area (Å²) in [7, 11) is 0. The van der Waals surface area contributed by atoms with E-state index in [9.17, 15) is 9.18 Å². The van der Waals surface area contributed by atoms with Gasteiger partial charge < -0.3 is 15.5 Å². The minimum Gasteiger partial charge on any atom is -0.369 e. The Morgan fingerprint density at radius 3 is 2.48 bits per heavy atom. The number of amides is 1. The van der Waals surface area contributed by atoms with Crippen molar-refractivity contribution < 1.29 is 9.18 Å². The highest BCUT2D eigenvalue weighted by atomic mass is 19.1. The molecule has 2 aromatic carbocycles. The highest BCUT2D eigenvalue weighted by Crippen LogP contribution is 2.32. The van der Waals surface area contributed by atoms with Crippen molar-refractivity contribution in [3.8, 4) is 0 Å². The third-order valence-electron chi connectivity index (χ3n) is 4.48. The number of nitrogens with two attached hydrogens (primary N) is 1. The summed E-state index contributed by atoms with van der Waals surface area (Å²) in [5.41, 5.74) is 8.49. The van der Waals surface area contributed by atoms with Gasteiger partial charge in [-0.25, -0.2) is 4.39 Å². The van der Waals surface area contributed by atoms with Crippen molar-refractivity contribution in [2.24, 2.45) is 5.73 Å². The molecule has 5 heteroatoms. The van der Waals surface area contributed by atoms with Gasteiger partial charge in [0, 0.05) is 30.5 Å². The lowest BCUT2D eigenvalue weighted by molar-refractivity contribution is -0.116. The van der Waals surface area contributed by atoms with Gasteiger partial charge in [-0.3, -0.25) is 4.79 Å². The van der Waals surface area contributed by atoms with Crippen LogP contribution in [0.1, 0.15) is 25.3 Å². The second kappa shape index (κ2) is 7.55. The maximum atomic E-state index is 13.2. The van der Waals surface area contributed by atoms with Crippen LogP contribution < -0.4 is 15.5 Å². The number of rotatable bonds is 8. The SMILES string of the molecule is CCN(c1cccc(CN(CC(N)=O)c2ccc(F)cc2)c1)C1CC1. The first-order valence-electron chi connectivity index (χ1n) is 8.71. The molecule has 132 valence electrons. The summed E-state index contributed by atoms with van der Waals surface area (Å²) in [6, 6.07) is 15.2. The molecule has 3 rings (SSSR count). The number of anilines is 2. The second-order valence-corrected chi connectivity index (χ2v) is 6.49. The fourth-order valence-corrected chi connectivity index (χ4v) is 3.17. The van der Waals surface area contributed by atoms with Crippen LogP contribution in [0, 0.1) is 5.82 Å². The number of nitrogens with zero attached hydrogens (tertiary/aromatic N) is 2. The van der Waals surface area contributed by atoms with Gasteiger partial charge in [0.05, 0.1) is 6.54 Å². The first-order valence-corrected chi connectivity index (χ1v) is 8.71. The molecule has 0 spiro atoms. The molecule has 4 nitrogen and oxygen atoms in total. The Kier molecular flexibility index (Phi) is 5.22. The summed E-state index contributed by atoms with van der Waals surface area (Å²) in [5.74, 6) is -0.707. The van der Waals surface area contributed by atoms with E-state index in [-0.39, 0.29) is 12.4 Å². The Balaban J connectivity index is 1.81. The summed E-state index contributed by atoms with van der Waals surface area (Å²) in [6.07, 6.45) is 2.50. The highest BCUT2D eigenvalue weighted by Gasteiger charge is 2.28. The first-order chi connectivity index (χ1) is 12.1. The van der Waals surface area contributed by atoms with Gasteiger partial charge in [0.2, 0.25) is 5.91 Å². The maximum Gasteiger partial charge on any atom is 0.236 e. The Labute approximate surface area is 148 Å². The van der Waals surface area contributed by atoms with Crippen LogP contribution in [0.3, 0.4) is 0 Å². The van der Waals surface area contributed by atoms with Crippen LogP contribution in [0.4, 0.5) is 15.8 Å². The van der Waals surface area contributed by atoms with Crippen molar-refractivity contribution in [1.82, 2.24) is 0 Å². The number of primary amides is 1. The Bertz CT molecular complexity index is 728. The molecule has 2 aromatic rings. The van der Waals surface area contributed by atoms with Crippen LogP contribution in [-0.4, -0.2) is 25.0 Å². The molecule has 2 N–H and O–H groups in total. The van der Waals surface area contributed by atoms with Crippen molar-refractivity contribution in [2.75, 3.05) is 22.9 Å². The molecular weight excluding hydrogens is 317 g/mol. The lowest BCUT2D eigenvalue weighted by Gasteiger charge is -2.26. The van der Waals surface area contributed by atoms with E-state index in [2.05, 4.69) is 24.0 Å². The molecule has 0 aliphatic heterocycles. The van der Waals surface area contributed by atoms with Crippen LogP contribution >= 0.6 is 0 Å². The van der Waals surface area contributed by atoms with Crippen LogP contribution in [-0.2, 0) is 11.3 Å². The van der Waals surface area contributed by atoms with Gasteiger partial charge in [0.15, 0.2) is 0 Å². The molecule has 0 unspecified atom stereocenters. The zero-order valence-corrected chi connectivity index (χ0v) is 14.5. The van der Waals surface area contributed by atoms with E-state index in [1.165, 1.54) is 30.7 Å².